The molecule has 2 heterocycles. The molecule has 1 fully saturated rings. The average molecular weight is 374 g/mol. The van der Waals surface area contributed by atoms with Crippen molar-refractivity contribution in [1.29, 1.82) is 0 Å². The maximum Gasteiger partial charge on any atom is 0.276 e. The van der Waals surface area contributed by atoms with Crippen LogP contribution in [0.25, 0.3) is 11.1 Å². The molecule has 4 rings (SSSR count). The highest BCUT2D eigenvalue weighted by Gasteiger charge is 2.30. The van der Waals surface area contributed by atoms with Crippen LogP contribution in [0.5, 0.6) is 0 Å². The smallest absolute Gasteiger partial charge is 0.276 e. The molecule has 1 saturated heterocycles. The zero-order valence-electron chi connectivity index (χ0n) is 15.8. The third kappa shape index (κ3) is 3.74. The van der Waals surface area contributed by atoms with Gasteiger partial charge in [-0.3, -0.25) is 9.59 Å². The van der Waals surface area contributed by atoms with Crippen molar-refractivity contribution in [2.75, 3.05) is 13.1 Å². The first-order valence-corrected chi connectivity index (χ1v) is 9.54. The molecular weight excluding hydrogens is 352 g/mol. The summed E-state index contributed by atoms with van der Waals surface area (Å²) in [6, 6.07) is 19.4. The van der Waals surface area contributed by atoms with Crippen LogP contribution in [-0.4, -0.2) is 34.8 Å². The number of piperidine rings is 1. The van der Waals surface area contributed by atoms with E-state index in [4.69, 9.17) is 4.52 Å². The summed E-state index contributed by atoms with van der Waals surface area (Å²) in [6.45, 7) is 2.82. The highest BCUT2D eigenvalue weighted by molar-refractivity contribution is 5.99. The number of hydrogen-bond acceptors (Lipinski definition) is 4. The molecular formula is C23H22N2O3. The zero-order chi connectivity index (χ0) is 19.5. The number of carbonyl (C=O) groups excluding carboxylic acids is 2. The van der Waals surface area contributed by atoms with E-state index in [0.29, 0.717) is 30.1 Å². The molecule has 0 saturated carbocycles. The average Bonchev–Trinajstić information content (AvgIpc) is 3.20. The number of Topliss-reactive ketones (excluding diaryl/α,β-unsaturated/α-hetero) is 1. The van der Waals surface area contributed by atoms with Crippen molar-refractivity contribution >= 4 is 11.7 Å². The maximum atomic E-state index is 13.0. The Hall–Kier alpha value is -3.21. The standard InChI is InChI=1S/C23H22N2O3/c1-16-14-21(24-28-16)23(27)25-13-5-8-20(15-25)22(26)19-11-9-18(10-12-19)17-6-3-2-4-7-17/h2-4,6-7,9-12,14,20H,5,8,13,15H2,1H3. The fraction of sp³-hybridized carbons (Fsp3) is 0.261. The lowest BCUT2D eigenvalue weighted by Crippen LogP contribution is -2.42. The van der Waals surface area contributed by atoms with Gasteiger partial charge in [-0.05, 0) is 30.9 Å². The van der Waals surface area contributed by atoms with Gasteiger partial charge in [0.25, 0.3) is 5.91 Å². The molecule has 1 unspecified atom stereocenters. The molecule has 0 radical (unpaired) electrons. The van der Waals surface area contributed by atoms with E-state index in [-0.39, 0.29) is 17.6 Å². The van der Waals surface area contributed by atoms with Gasteiger partial charge >= 0.3 is 0 Å². The third-order valence-electron chi connectivity index (χ3n) is 5.20. The van der Waals surface area contributed by atoms with E-state index < -0.39 is 0 Å². The molecule has 1 aliphatic rings. The topological polar surface area (TPSA) is 63.4 Å². The highest BCUT2D eigenvalue weighted by Crippen LogP contribution is 2.25. The summed E-state index contributed by atoms with van der Waals surface area (Å²) in [7, 11) is 0. The summed E-state index contributed by atoms with van der Waals surface area (Å²) in [4.78, 5) is 27.3. The zero-order valence-corrected chi connectivity index (χ0v) is 15.8. The minimum atomic E-state index is -0.187. The van der Waals surface area contributed by atoms with Crippen molar-refractivity contribution in [3.05, 3.63) is 77.7 Å². The highest BCUT2D eigenvalue weighted by atomic mass is 16.5. The van der Waals surface area contributed by atoms with Crippen LogP contribution in [0.15, 0.2) is 65.2 Å². The fourth-order valence-corrected chi connectivity index (χ4v) is 3.70. The Balaban J connectivity index is 1.46. The van der Waals surface area contributed by atoms with Gasteiger partial charge in [0.1, 0.15) is 5.76 Å². The van der Waals surface area contributed by atoms with Gasteiger partial charge in [0, 0.05) is 30.6 Å². The van der Waals surface area contributed by atoms with Crippen LogP contribution in [0, 0.1) is 12.8 Å². The molecule has 1 aromatic heterocycles. The molecule has 0 aliphatic carbocycles. The Labute approximate surface area is 164 Å². The van der Waals surface area contributed by atoms with Crippen molar-refractivity contribution in [3.63, 3.8) is 0 Å². The van der Waals surface area contributed by atoms with Crippen LogP contribution >= 0.6 is 0 Å². The normalized spacial score (nSPS) is 16.8. The predicted octanol–water partition coefficient (Wildman–Crippen LogP) is 4.39. The number of likely N-dealkylation sites (tertiary alicyclic amines) is 1. The van der Waals surface area contributed by atoms with Gasteiger partial charge < -0.3 is 9.42 Å². The predicted molar refractivity (Wildman–Crippen MR) is 106 cm³/mol. The number of rotatable bonds is 4. The van der Waals surface area contributed by atoms with Crippen LogP contribution in [-0.2, 0) is 0 Å². The minimum Gasteiger partial charge on any atom is -0.361 e. The summed E-state index contributed by atoms with van der Waals surface area (Å²) in [6.07, 6.45) is 1.60. The lowest BCUT2D eigenvalue weighted by molar-refractivity contribution is 0.0628. The second-order valence-corrected chi connectivity index (χ2v) is 7.22. The largest absolute Gasteiger partial charge is 0.361 e. The van der Waals surface area contributed by atoms with Crippen LogP contribution in [0.4, 0.5) is 0 Å². The second-order valence-electron chi connectivity index (χ2n) is 7.22. The van der Waals surface area contributed by atoms with Gasteiger partial charge in [-0.25, -0.2) is 0 Å². The van der Waals surface area contributed by atoms with Gasteiger partial charge in [-0.1, -0.05) is 59.8 Å². The van der Waals surface area contributed by atoms with Gasteiger partial charge in [-0.2, -0.15) is 0 Å². The Morgan fingerprint density at radius 2 is 1.75 bits per heavy atom. The van der Waals surface area contributed by atoms with Gasteiger partial charge in [-0.15, -0.1) is 0 Å². The van der Waals surface area contributed by atoms with E-state index >= 15 is 0 Å². The van der Waals surface area contributed by atoms with Crippen molar-refractivity contribution in [2.45, 2.75) is 19.8 Å². The van der Waals surface area contributed by atoms with E-state index in [1.165, 1.54) is 0 Å². The number of aromatic nitrogens is 1. The third-order valence-corrected chi connectivity index (χ3v) is 5.20. The molecule has 1 amide bonds. The lowest BCUT2D eigenvalue weighted by atomic mass is 9.89. The number of nitrogens with zero attached hydrogens (tertiary/aromatic N) is 2. The van der Waals surface area contributed by atoms with E-state index in [1.54, 1.807) is 17.9 Å². The molecule has 5 nitrogen and oxygen atoms in total. The molecule has 0 spiro atoms. The van der Waals surface area contributed by atoms with Crippen LogP contribution < -0.4 is 0 Å². The summed E-state index contributed by atoms with van der Waals surface area (Å²) in [5.41, 5.74) is 3.20. The fourth-order valence-electron chi connectivity index (χ4n) is 3.70. The van der Waals surface area contributed by atoms with Gasteiger partial charge in [0.2, 0.25) is 0 Å². The number of benzene rings is 2. The monoisotopic (exact) mass is 374 g/mol. The van der Waals surface area contributed by atoms with Crippen molar-refractivity contribution in [3.8, 4) is 11.1 Å². The molecule has 0 bridgehead atoms. The van der Waals surface area contributed by atoms with E-state index in [9.17, 15) is 9.59 Å². The second kappa shape index (κ2) is 7.80. The molecule has 2 aromatic carbocycles. The molecule has 1 atom stereocenters. The SMILES string of the molecule is Cc1cc(C(=O)N2CCCC(C(=O)c3ccc(-c4ccccc4)cc3)C2)no1. The molecule has 142 valence electrons. The summed E-state index contributed by atoms with van der Waals surface area (Å²) in [5.74, 6) is 0.335. The molecule has 0 N–H and O–H groups in total. The number of aryl methyl sites for hydroxylation is 1. The Morgan fingerprint density at radius 3 is 2.43 bits per heavy atom. The van der Waals surface area contributed by atoms with Crippen molar-refractivity contribution in [2.24, 2.45) is 5.92 Å². The molecule has 28 heavy (non-hydrogen) atoms. The lowest BCUT2D eigenvalue weighted by Gasteiger charge is -2.31. The first-order valence-electron chi connectivity index (χ1n) is 9.54. The van der Waals surface area contributed by atoms with Crippen molar-refractivity contribution < 1.29 is 14.1 Å². The van der Waals surface area contributed by atoms with Gasteiger partial charge in [0.15, 0.2) is 11.5 Å². The van der Waals surface area contributed by atoms with E-state index in [1.807, 2.05) is 54.6 Å². The summed E-state index contributed by atoms with van der Waals surface area (Å²) in [5, 5.41) is 3.81. The quantitative estimate of drug-likeness (QED) is 0.636. The summed E-state index contributed by atoms with van der Waals surface area (Å²) < 4.78 is 5.00. The number of hydrogen-bond donors (Lipinski definition) is 0. The number of amides is 1. The Morgan fingerprint density at radius 1 is 1.04 bits per heavy atom. The van der Waals surface area contributed by atoms with Crippen LogP contribution in [0.2, 0.25) is 0 Å². The van der Waals surface area contributed by atoms with E-state index in [0.717, 1.165) is 24.0 Å². The summed E-state index contributed by atoms with van der Waals surface area (Å²) >= 11 is 0. The van der Waals surface area contributed by atoms with Gasteiger partial charge in [0.05, 0.1) is 0 Å². The number of carbonyl (C=O) groups is 2. The maximum absolute atomic E-state index is 13.0. The minimum absolute atomic E-state index is 0.0912. The Kier molecular flexibility index (Phi) is 5.06. The number of ketones is 1. The molecule has 3 aromatic rings. The molecule has 1 aliphatic heterocycles. The first-order chi connectivity index (χ1) is 13.6. The Bertz CT molecular complexity index is 977. The first kappa shape index (κ1) is 18.2. The molecule has 5 heteroatoms. The van der Waals surface area contributed by atoms with E-state index in [2.05, 4.69) is 5.16 Å². The van der Waals surface area contributed by atoms with Crippen molar-refractivity contribution in [1.82, 2.24) is 10.1 Å². The van der Waals surface area contributed by atoms with Crippen LogP contribution in [0.1, 0.15) is 39.4 Å². The van der Waals surface area contributed by atoms with Crippen LogP contribution in [0.3, 0.4) is 0 Å².